The van der Waals surface area contributed by atoms with Gasteiger partial charge in [0.25, 0.3) is 5.56 Å². The lowest BCUT2D eigenvalue weighted by atomic mass is 10.2. The maximum atomic E-state index is 12.1. The molecule has 3 aromatic rings. The molecule has 0 bridgehead atoms. The Kier molecular flexibility index (Phi) is 4.06. The van der Waals surface area contributed by atoms with E-state index in [-0.39, 0.29) is 5.56 Å². The Morgan fingerprint density at radius 3 is 2.57 bits per heavy atom. The molecule has 0 aliphatic carbocycles. The zero-order chi connectivity index (χ0) is 14.7. The number of pyridine rings is 1. The maximum absolute atomic E-state index is 12.1. The SMILES string of the molecule is O=c1ccc2ccccc2n1CCNc1ccccc1Br. The summed E-state index contributed by atoms with van der Waals surface area (Å²) in [5.41, 5.74) is 2.03. The Balaban J connectivity index is 1.81. The lowest BCUT2D eigenvalue weighted by Crippen LogP contribution is -2.23. The number of hydrogen-bond acceptors (Lipinski definition) is 2. The molecule has 2 aromatic carbocycles. The van der Waals surface area contributed by atoms with Crippen molar-refractivity contribution in [1.29, 1.82) is 0 Å². The van der Waals surface area contributed by atoms with Gasteiger partial charge in [0.15, 0.2) is 0 Å². The van der Waals surface area contributed by atoms with Crippen molar-refractivity contribution in [2.45, 2.75) is 6.54 Å². The second kappa shape index (κ2) is 6.14. The first-order chi connectivity index (χ1) is 10.3. The van der Waals surface area contributed by atoms with Crippen molar-refractivity contribution in [2.24, 2.45) is 0 Å². The maximum Gasteiger partial charge on any atom is 0.251 e. The summed E-state index contributed by atoms with van der Waals surface area (Å²) >= 11 is 3.51. The second-order valence-corrected chi connectivity index (χ2v) is 5.64. The Morgan fingerprint density at radius 2 is 1.71 bits per heavy atom. The molecule has 1 aromatic heterocycles. The molecule has 0 aliphatic rings. The summed E-state index contributed by atoms with van der Waals surface area (Å²) in [7, 11) is 0. The van der Waals surface area contributed by atoms with Gasteiger partial charge in [-0.1, -0.05) is 30.3 Å². The van der Waals surface area contributed by atoms with Gasteiger partial charge in [-0.15, -0.1) is 0 Å². The van der Waals surface area contributed by atoms with Crippen molar-refractivity contribution >= 4 is 32.5 Å². The fraction of sp³-hybridized carbons (Fsp3) is 0.118. The summed E-state index contributed by atoms with van der Waals surface area (Å²) in [6.07, 6.45) is 0. The van der Waals surface area contributed by atoms with Crippen LogP contribution in [-0.2, 0) is 6.54 Å². The lowest BCUT2D eigenvalue weighted by Gasteiger charge is -2.12. The van der Waals surface area contributed by atoms with Crippen LogP contribution in [-0.4, -0.2) is 11.1 Å². The molecule has 0 saturated carbocycles. The molecule has 0 aliphatic heterocycles. The molecule has 0 spiro atoms. The number of anilines is 1. The molecule has 106 valence electrons. The first kappa shape index (κ1) is 13.9. The third-order valence-corrected chi connectivity index (χ3v) is 4.12. The minimum absolute atomic E-state index is 0.0302. The molecule has 0 radical (unpaired) electrons. The van der Waals surface area contributed by atoms with E-state index in [1.54, 1.807) is 10.6 Å². The van der Waals surface area contributed by atoms with Crippen LogP contribution in [0.3, 0.4) is 0 Å². The van der Waals surface area contributed by atoms with E-state index < -0.39 is 0 Å². The average Bonchev–Trinajstić information content (AvgIpc) is 2.51. The zero-order valence-corrected chi connectivity index (χ0v) is 13.0. The van der Waals surface area contributed by atoms with Crippen LogP contribution in [0.1, 0.15) is 0 Å². The van der Waals surface area contributed by atoms with Crippen molar-refractivity contribution < 1.29 is 0 Å². The summed E-state index contributed by atoms with van der Waals surface area (Å²) in [6.45, 7) is 1.32. The van der Waals surface area contributed by atoms with E-state index in [0.29, 0.717) is 13.1 Å². The fourth-order valence-electron chi connectivity index (χ4n) is 2.38. The highest BCUT2D eigenvalue weighted by atomic mass is 79.9. The van der Waals surface area contributed by atoms with Gasteiger partial charge < -0.3 is 9.88 Å². The van der Waals surface area contributed by atoms with E-state index in [2.05, 4.69) is 21.2 Å². The molecule has 0 fully saturated rings. The molecule has 4 heteroatoms. The number of nitrogens with zero attached hydrogens (tertiary/aromatic N) is 1. The Hall–Kier alpha value is -2.07. The minimum Gasteiger partial charge on any atom is -0.382 e. The van der Waals surface area contributed by atoms with Gasteiger partial charge in [0.05, 0.1) is 5.52 Å². The Labute approximate surface area is 131 Å². The average molecular weight is 343 g/mol. The summed E-state index contributed by atoms with van der Waals surface area (Å²) in [5.74, 6) is 0. The second-order valence-electron chi connectivity index (χ2n) is 4.79. The van der Waals surface area contributed by atoms with Gasteiger partial charge in [-0.25, -0.2) is 0 Å². The fourth-order valence-corrected chi connectivity index (χ4v) is 2.81. The zero-order valence-electron chi connectivity index (χ0n) is 11.4. The van der Waals surface area contributed by atoms with Crippen molar-refractivity contribution in [3.05, 3.63) is 75.5 Å². The van der Waals surface area contributed by atoms with E-state index >= 15 is 0 Å². The van der Waals surface area contributed by atoms with Gasteiger partial charge in [-0.2, -0.15) is 0 Å². The van der Waals surface area contributed by atoms with Gasteiger partial charge in [0.2, 0.25) is 0 Å². The van der Waals surface area contributed by atoms with Gasteiger partial charge >= 0.3 is 0 Å². The number of halogens is 1. The van der Waals surface area contributed by atoms with Crippen molar-refractivity contribution in [1.82, 2.24) is 4.57 Å². The predicted octanol–water partition coefficient (Wildman–Crippen LogP) is 3.88. The lowest BCUT2D eigenvalue weighted by molar-refractivity contribution is 0.726. The standard InChI is InChI=1S/C17H15BrN2O/c18-14-6-2-3-7-15(14)19-11-12-20-16-8-4-1-5-13(16)9-10-17(20)21/h1-10,19H,11-12H2. The highest BCUT2D eigenvalue weighted by molar-refractivity contribution is 9.10. The quantitative estimate of drug-likeness (QED) is 0.780. The summed E-state index contributed by atoms with van der Waals surface area (Å²) in [6, 6.07) is 19.4. The monoisotopic (exact) mass is 342 g/mol. The molecular formula is C17H15BrN2O. The van der Waals surface area contributed by atoms with Gasteiger partial charge in [-0.3, -0.25) is 4.79 Å². The van der Waals surface area contributed by atoms with Crippen LogP contribution in [0.5, 0.6) is 0 Å². The number of hydrogen-bond donors (Lipinski definition) is 1. The van der Waals surface area contributed by atoms with Crippen molar-refractivity contribution in [3.8, 4) is 0 Å². The van der Waals surface area contributed by atoms with Gasteiger partial charge in [-0.05, 0) is 45.6 Å². The van der Waals surface area contributed by atoms with Crippen LogP contribution in [0, 0.1) is 0 Å². The van der Waals surface area contributed by atoms with Gasteiger partial charge in [0.1, 0.15) is 0 Å². The number of aromatic nitrogens is 1. The number of rotatable bonds is 4. The van der Waals surface area contributed by atoms with E-state index in [1.165, 1.54) is 0 Å². The first-order valence-corrected chi connectivity index (χ1v) is 7.62. The topological polar surface area (TPSA) is 34.0 Å². The van der Waals surface area contributed by atoms with Crippen LogP contribution >= 0.6 is 15.9 Å². The van der Waals surface area contributed by atoms with Crippen molar-refractivity contribution in [3.63, 3.8) is 0 Å². The Bertz CT molecular complexity index is 826. The summed E-state index contributed by atoms with van der Waals surface area (Å²) in [4.78, 5) is 12.1. The molecule has 3 nitrogen and oxygen atoms in total. The van der Waals surface area contributed by atoms with E-state index in [9.17, 15) is 4.79 Å². The van der Waals surface area contributed by atoms with E-state index in [1.807, 2.05) is 54.6 Å². The Morgan fingerprint density at radius 1 is 0.952 bits per heavy atom. The molecule has 1 heterocycles. The number of para-hydroxylation sites is 2. The third-order valence-electron chi connectivity index (χ3n) is 3.42. The molecule has 0 amide bonds. The number of benzene rings is 2. The third kappa shape index (κ3) is 3.00. The first-order valence-electron chi connectivity index (χ1n) is 6.83. The molecule has 0 saturated heterocycles. The van der Waals surface area contributed by atoms with Crippen LogP contribution in [0.15, 0.2) is 69.9 Å². The van der Waals surface area contributed by atoms with Crippen LogP contribution in [0.2, 0.25) is 0 Å². The highest BCUT2D eigenvalue weighted by Crippen LogP contribution is 2.20. The highest BCUT2D eigenvalue weighted by Gasteiger charge is 2.03. The summed E-state index contributed by atoms with van der Waals surface area (Å²) < 4.78 is 2.83. The molecular weight excluding hydrogens is 328 g/mol. The van der Waals surface area contributed by atoms with E-state index in [0.717, 1.165) is 21.1 Å². The molecule has 1 N–H and O–H groups in total. The largest absolute Gasteiger partial charge is 0.382 e. The number of nitrogens with one attached hydrogen (secondary N) is 1. The summed E-state index contributed by atoms with van der Waals surface area (Å²) in [5, 5.41) is 4.43. The van der Waals surface area contributed by atoms with E-state index in [4.69, 9.17) is 0 Å². The molecule has 0 unspecified atom stereocenters. The van der Waals surface area contributed by atoms with Crippen LogP contribution in [0.25, 0.3) is 10.9 Å². The van der Waals surface area contributed by atoms with Gasteiger partial charge in [0, 0.05) is 29.3 Å². The molecule has 3 rings (SSSR count). The van der Waals surface area contributed by atoms with Crippen LogP contribution in [0.4, 0.5) is 5.69 Å². The molecule has 0 atom stereocenters. The smallest absolute Gasteiger partial charge is 0.251 e. The van der Waals surface area contributed by atoms with Crippen molar-refractivity contribution in [2.75, 3.05) is 11.9 Å². The van der Waals surface area contributed by atoms with Crippen LogP contribution < -0.4 is 10.9 Å². The minimum atomic E-state index is 0.0302. The predicted molar refractivity (Wildman–Crippen MR) is 90.8 cm³/mol. The normalized spacial score (nSPS) is 10.7. The number of fused-ring (bicyclic) bond motifs is 1. The molecule has 21 heavy (non-hydrogen) atoms.